The molecule has 1 unspecified atom stereocenters. The molecule has 0 radical (unpaired) electrons. The van der Waals surface area contributed by atoms with Crippen LogP contribution in [0.15, 0.2) is 18.2 Å². The van der Waals surface area contributed by atoms with Crippen molar-refractivity contribution in [2.24, 2.45) is 0 Å². The Hall–Kier alpha value is -1.68. The maximum atomic E-state index is 12.6. The molecule has 32 heavy (non-hydrogen) atoms. The van der Waals surface area contributed by atoms with Crippen LogP contribution in [-0.2, 0) is 20.7 Å². The van der Waals surface area contributed by atoms with Crippen LogP contribution in [0.1, 0.15) is 25.3 Å². The number of carbonyl (C=O) groups excluding carboxylic acids is 3. The van der Waals surface area contributed by atoms with Crippen molar-refractivity contribution in [1.82, 2.24) is 20.9 Å². The molecular formula is C21H28Cl2N4O4S. The van der Waals surface area contributed by atoms with Gasteiger partial charge in [-0.1, -0.05) is 29.3 Å². The van der Waals surface area contributed by atoms with Gasteiger partial charge in [-0.2, -0.15) is 0 Å². The van der Waals surface area contributed by atoms with E-state index in [-0.39, 0.29) is 36.0 Å². The van der Waals surface area contributed by atoms with Crippen LogP contribution in [0.4, 0.5) is 4.79 Å². The summed E-state index contributed by atoms with van der Waals surface area (Å²) in [5.74, 6) is 0.200. The second-order valence-electron chi connectivity index (χ2n) is 7.73. The summed E-state index contributed by atoms with van der Waals surface area (Å²) in [6.07, 6.45) is 2.09. The van der Waals surface area contributed by atoms with E-state index in [2.05, 4.69) is 16.0 Å². The Bertz CT molecular complexity index is 849. The molecule has 2 saturated heterocycles. The molecular weight excluding hydrogens is 475 g/mol. The van der Waals surface area contributed by atoms with Crippen molar-refractivity contribution in [1.29, 1.82) is 0 Å². The predicted octanol–water partition coefficient (Wildman–Crippen LogP) is 2.42. The van der Waals surface area contributed by atoms with E-state index < -0.39 is 5.97 Å². The Morgan fingerprint density at radius 1 is 1.25 bits per heavy atom. The van der Waals surface area contributed by atoms with Crippen molar-refractivity contribution in [3.63, 3.8) is 0 Å². The molecule has 3 rings (SSSR count). The van der Waals surface area contributed by atoms with Crippen LogP contribution in [0, 0.1) is 0 Å². The van der Waals surface area contributed by atoms with Crippen molar-refractivity contribution in [2.75, 3.05) is 38.5 Å². The molecule has 3 amide bonds. The fourth-order valence-corrected chi connectivity index (χ4v) is 5.70. The zero-order valence-electron chi connectivity index (χ0n) is 17.9. The van der Waals surface area contributed by atoms with Crippen LogP contribution in [0.25, 0.3) is 0 Å². The summed E-state index contributed by atoms with van der Waals surface area (Å²) >= 11 is 13.8. The van der Waals surface area contributed by atoms with Gasteiger partial charge in [0.2, 0.25) is 5.91 Å². The fraction of sp³-hybridized carbons (Fsp3) is 0.571. The number of piperidine rings is 1. The molecule has 0 bridgehead atoms. The molecule has 1 aromatic rings. The third-order valence-electron chi connectivity index (χ3n) is 5.54. The molecule has 1 aromatic carbocycles. The van der Waals surface area contributed by atoms with Crippen LogP contribution >= 0.6 is 35.0 Å². The molecule has 2 heterocycles. The average Bonchev–Trinajstić information content (AvgIpc) is 3.18. The van der Waals surface area contributed by atoms with Gasteiger partial charge >= 0.3 is 12.0 Å². The third-order valence-corrected chi connectivity index (χ3v) is 7.70. The lowest BCUT2D eigenvalue weighted by molar-refractivity contribution is -0.141. The highest BCUT2D eigenvalue weighted by molar-refractivity contribution is 8.01. The number of likely N-dealkylation sites (tertiary alicyclic amines) is 1. The molecule has 0 aromatic heterocycles. The van der Waals surface area contributed by atoms with Gasteiger partial charge in [0.05, 0.1) is 17.5 Å². The number of halogens is 2. The Labute approximate surface area is 202 Å². The van der Waals surface area contributed by atoms with E-state index in [1.807, 2.05) is 6.07 Å². The number of carbonyl (C=O) groups is 3. The lowest BCUT2D eigenvalue weighted by Gasteiger charge is -2.39. The highest BCUT2D eigenvalue weighted by atomic mass is 35.5. The number of amides is 3. The van der Waals surface area contributed by atoms with Crippen molar-refractivity contribution < 1.29 is 19.1 Å². The van der Waals surface area contributed by atoms with Crippen molar-refractivity contribution in [2.45, 2.75) is 37.1 Å². The Balaban J connectivity index is 1.39. The number of urea groups is 1. The summed E-state index contributed by atoms with van der Waals surface area (Å²) in [5, 5.41) is 10.2. The summed E-state index contributed by atoms with van der Waals surface area (Å²) in [5.41, 5.74) is 0.940. The number of nitrogens with zero attached hydrogens (tertiary/aromatic N) is 1. The van der Waals surface area contributed by atoms with Gasteiger partial charge in [0, 0.05) is 35.4 Å². The van der Waals surface area contributed by atoms with Crippen LogP contribution in [0.3, 0.4) is 0 Å². The van der Waals surface area contributed by atoms with E-state index in [1.165, 1.54) is 0 Å². The Kier molecular flexibility index (Phi) is 8.93. The van der Waals surface area contributed by atoms with E-state index in [9.17, 15) is 14.4 Å². The molecule has 0 saturated carbocycles. The van der Waals surface area contributed by atoms with E-state index in [4.69, 9.17) is 27.9 Å². The van der Waals surface area contributed by atoms with Crippen molar-refractivity contribution in [3.05, 3.63) is 33.8 Å². The first-order valence-corrected chi connectivity index (χ1v) is 12.4. The summed E-state index contributed by atoms with van der Waals surface area (Å²) in [6.45, 7) is 3.47. The Morgan fingerprint density at radius 2 is 2.00 bits per heavy atom. The van der Waals surface area contributed by atoms with Crippen molar-refractivity contribution in [3.8, 4) is 0 Å². The summed E-state index contributed by atoms with van der Waals surface area (Å²) in [4.78, 5) is 37.8. The minimum absolute atomic E-state index is 0.0333. The molecule has 2 fully saturated rings. The first kappa shape index (κ1) is 25.0. The Morgan fingerprint density at radius 3 is 2.69 bits per heavy atom. The standard InChI is InChI=1S/C21H28Cl2N4O4S/c1-2-31-18(28)12-25-20(30)27-9-6-21(7-10-27)26-17(13-32-21)19(29)24-8-5-14-3-4-15(22)11-16(14)23/h3-4,11,17,26H,2,5-10,12-13H2,1H3,(H,24,29)(H,25,30). The molecule has 11 heteroatoms. The fourth-order valence-electron chi connectivity index (χ4n) is 3.78. The molecule has 1 spiro atoms. The van der Waals surface area contributed by atoms with Crippen LogP contribution in [0.5, 0.6) is 0 Å². The molecule has 2 aliphatic heterocycles. The highest BCUT2D eigenvalue weighted by Crippen LogP contribution is 2.39. The number of esters is 1. The first-order chi connectivity index (χ1) is 15.3. The zero-order valence-corrected chi connectivity index (χ0v) is 20.2. The van der Waals surface area contributed by atoms with E-state index in [0.29, 0.717) is 41.9 Å². The number of hydrogen-bond acceptors (Lipinski definition) is 6. The highest BCUT2D eigenvalue weighted by Gasteiger charge is 2.44. The maximum Gasteiger partial charge on any atom is 0.325 e. The maximum absolute atomic E-state index is 12.6. The van der Waals surface area contributed by atoms with Crippen LogP contribution < -0.4 is 16.0 Å². The monoisotopic (exact) mass is 502 g/mol. The molecule has 3 N–H and O–H groups in total. The number of ether oxygens (including phenoxy) is 1. The van der Waals surface area contributed by atoms with Gasteiger partial charge in [-0.3, -0.25) is 14.9 Å². The summed E-state index contributed by atoms with van der Waals surface area (Å²) < 4.78 is 4.82. The van der Waals surface area contributed by atoms with Crippen LogP contribution in [0.2, 0.25) is 10.0 Å². The van der Waals surface area contributed by atoms with Gasteiger partial charge in [0.25, 0.3) is 0 Å². The largest absolute Gasteiger partial charge is 0.465 e. The average molecular weight is 503 g/mol. The minimum Gasteiger partial charge on any atom is -0.465 e. The number of benzene rings is 1. The zero-order chi connectivity index (χ0) is 23.1. The normalized spacial score (nSPS) is 19.6. The second kappa shape index (κ2) is 11.4. The molecule has 8 nitrogen and oxygen atoms in total. The molecule has 0 aliphatic carbocycles. The van der Waals surface area contributed by atoms with Gasteiger partial charge in [-0.15, -0.1) is 11.8 Å². The third kappa shape index (κ3) is 6.66. The van der Waals surface area contributed by atoms with Crippen LogP contribution in [-0.4, -0.2) is 72.3 Å². The first-order valence-electron chi connectivity index (χ1n) is 10.6. The molecule has 1 atom stereocenters. The van der Waals surface area contributed by atoms with Gasteiger partial charge in [0.15, 0.2) is 0 Å². The quantitative estimate of drug-likeness (QED) is 0.495. The van der Waals surface area contributed by atoms with E-state index in [0.717, 1.165) is 18.4 Å². The lowest BCUT2D eigenvalue weighted by atomic mass is 10.0. The number of rotatable bonds is 7. The number of hydrogen-bond donors (Lipinski definition) is 3. The van der Waals surface area contributed by atoms with Gasteiger partial charge in [0.1, 0.15) is 6.54 Å². The van der Waals surface area contributed by atoms with Gasteiger partial charge < -0.3 is 20.3 Å². The smallest absolute Gasteiger partial charge is 0.325 e. The molecule has 2 aliphatic rings. The van der Waals surface area contributed by atoms with Gasteiger partial charge in [-0.25, -0.2) is 4.79 Å². The van der Waals surface area contributed by atoms with E-state index in [1.54, 1.807) is 35.7 Å². The predicted molar refractivity (Wildman–Crippen MR) is 126 cm³/mol. The van der Waals surface area contributed by atoms with Crippen molar-refractivity contribution >= 4 is 52.9 Å². The number of nitrogens with one attached hydrogen (secondary N) is 3. The topological polar surface area (TPSA) is 99.8 Å². The summed E-state index contributed by atoms with van der Waals surface area (Å²) in [7, 11) is 0. The minimum atomic E-state index is -0.450. The number of thioether (sulfide) groups is 1. The molecule has 176 valence electrons. The SMILES string of the molecule is CCOC(=O)CNC(=O)N1CCC2(CC1)NC(C(=O)NCCc1ccc(Cl)cc1Cl)CS2. The lowest BCUT2D eigenvalue weighted by Crippen LogP contribution is -2.55. The second-order valence-corrected chi connectivity index (χ2v) is 9.98. The van der Waals surface area contributed by atoms with E-state index >= 15 is 0 Å². The van der Waals surface area contributed by atoms with Gasteiger partial charge in [-0.05, 0) is 43.9 Å². The summed E-state index contributed by atoms with van der Waals surface area (Å²) in [6, 6.07) is 4.80.